The first-order valence-corrected chi connectivity index (χ1v) is 9.91. The Morgan fingerprint density at radius 1 is 1.07 bits per heavy atom. The Morgan fingerprint density at radius 2 is 1.86 bits per heavy atom. The van der Waals surface area contributed by atoms with Gasteiger partial charge in [0.25, 0.3) is 5.89 Å². The van der Waals surface area contributed by atoms with E-state index in [4.69, 9.17) is 9.15 Å². The second-order valence-corrected chi connectivity index (χ2v) is 7.43. The molecule has 0 saturated heterocycles. The van der Waals surface area contributed by atoms with Crippen LogP contribution < -0.4 is 10.2 Å². The number of aryl methyl sites for hydroxylation is 1. The minimum absolute atomic E-state index is 0.169. The van der Waals surface area contributed by atoms with Crippen LogP contribution in [0.5, 0.6) is 5.75 Å². The highest BCUT2D eigenvalue weighted by molar-refractivity contribution is 7.09. The van der Waals surface area contributed by atoms with Gasteiger partial charge in [0, 0.05) is 17.4 Å². The molecule has 0 aliphatic heterocycles. The molecule has 0 fully saturated rings. The molecule has 4 aromatic rings. The summed E-state index contributed by atoms with van der Waals surface area (Å²) in [6.45, 7) is 2.37. The molecule has 0 spiro atoms. The summed E-state index contributed by atoms with van der Waals surface area (Å²) in [5, 5.41) is 30.3. The lowest BCUT2D eigenvalue weighted by atomic mass is 9.77. The van der Waals surface area contributed by atoms with Crippen molar-refractivity contribution in [2.75, 3.05) is 6.61 Å². The van der Waals surface area contributed by atoms with E-state index in [1.807, 2.05) is 42.6 Å². The number of hydrogen-bond donors (Lipinski definition) is 2. The van der Waals surface area contributed by atoms with Gasteiger partial charge in [-0.2, -0.15) is 0 Å². The van der Waals surface area contributed by atoms with Crippen LogP contribution in [0.3, 0.4) is 0 Å². The standard InChI is InChI=1S/C20H18BN3O4S/c1-13-22-18(12-29-13)20-24-23-19(28-20)16-11-15(7-8-17(16)21(25)26)27-10-9-14-5-3-2-4-6-14/h2-8,11-12,25-26H,9-10H2,1H3. The number of aromatic nitrogens is 3. The van der Waals surface area contributed by atoms with Gasteiger partial charge in [0.1, 0.15) is 11.4 Å². The van der Waals surface area contributed by atoms with Crippen LogP contribution in [0.1, 0.15) is 10.6 Å². The molecule has 9 heteroatoms. The molecule has 0 radical (unpaired) electrons. The van der Waals surface area contributed by atoms with Gasteiger partial charge < -0.3 is 19.2 Å². The average Bonchev–Trinajstić information content (AvgIpc) is 3.38. The molecule has 0 amide bonds. The zero-order valence-corrected chi connectivity index (χ0v) is 16.5. The number of benzene rings is 2. The van der Waals surface area contributed by atoms with Crippen LogP contribution >= 0.6 is 11.3 Å². The van der Waals surface area contributed by atoms with Crippen LogP contribution in [-0.2, 0) is 6.42 Å². The number of hydrogen-bond acceptors (Lipinski definition) is 8. The van der Waals surface area contributed by atoms with E-state index in [1.54, 1.807) is 18.2 Å². The average molecular weight is 407 g/mol. The Labute approximate surface area is 171 Å². The van der Waals surface area contributed by atoms with E-state index < -0.39 is 7.12 Å². The van der Waals surface area contributed by atoms with E-state index in [0.29, 0.717) is 23.6 Å². The van der Waals surface area contributed by atoms with Crippen LogP contribution in [0, 0.1) is 6.92 Å². The van der Waals surface area contributed by atoms with Crippen molar-refractivity contribution in [1.82, 2.24) is 15.2 Å². The van der Waals surface area contributed by atoms with Gasteiger partial charge in [-0.15, -0.1) is 21.5 Å². The van der Waals surface area contributed by atoms with Crippen molar-refractivity contribution in [3.05, 3.63) is 64.5 Å². The quantitative estimate of drug-likeness (QED) is 0.454. The first kappa shape index (κ1) is 19.3. The van der Waals surface area contributed by atoms with E-state index in [2.05, 4.69) is 15.2 Å². The molecule has 2 aromatic heterocycles. The van der Waals surface area contributed by atoms with E-state index in [9.17, 15) is 10.0 Å². The topological polar surface area (TPSA) is 102 Å². The summed E-state index contributed by atoms with van der Waals surface area (Å²) in [6, 6.07) is 15.0. The molecule has 2 heterocycles. The fourth-order valence-electron chi connectivity index (χ4n) is 2.86. The fourth-order valence-corrected chi connectivity index (χ4v) is 3.45. The Balaban J connectivity index is 1.56. The molecule has 0 aliphatic carbocycles. The molecule has 2 aromatic carbocycles. The normalized spacial score (nSPS) is 10.9. The third kappa shape index (κ3) is 4.53. The Kier molecular flexibility index (Phi) is 5.70. The predicted molar refractivity (Wildman–Crippen MR) is 111 cm³/mol. The first-order valence-electron chi connectivity index (χ1n) is 9.03. The summed E-state index contributed by atoms with van der Waals surface area (Å²) in [5.74, 6) is 1.02. The maximum absolute atomic E-state index is 9.72. The molecule has 0 saturated carbocycles. The van der Waals surface area contributed by atoms with E-state index in [1.165, 1.54) is 16.9 Å². The van der Waals surface area contributed by atoms with E-state index in [-0.39, 0.29) is 17.2 Å². The van der Waals surface area contributed by atoms with Gasteiger partial charge in [0.05, 0.1) is 11.6 Å². The van der Waals surface area contributed by atoms with Crippen molar-refractivity contribution in [2.45, 2.75) is 13.3 Å². The SMILES string of the molecule is Cc1nc(-c2nnc(-c3cc(OCCc4ccccc4)ccc3B(O)O)o2)cs1. The zero-order valence-electron chi connectivity index (χ0n) is 15.6. The molecule has 2 N–H and O–H groups in total. The molecular weight excluding hydrogens is 389 g/mol. The highest BCUT2D eigenvalue weighted by Gasteiger charge is 2.22. The van der Waals surface area contributed by atoms with Crippen LogP contribution in [0.25, 0.3) is 23.0 Å². The minimum atomic E-state index is -1.68. The van der Waals surface area contributed by atoms with Crippen LogP contribution in [0.15, 0.2) is 58.3 Å². The summed E-state index contributed by atoms with van der Waals surface area (Å²) in [4.78, 5) is 4.33. The molecule has 146 valence electrons. The van der Waals surface area contributed by atoms with Crippen molar-refractivity contribution in [2.24, 2.45) is 0 Å². The monoisotopic (exact) mass is 407 g/mol. The van der Waals surface area contributed by atoms with Gasteiger partial charge >= 0.3 is 7.12 Å². The van der Waals surface area contributed by atoms with Crippen LogP contribution in [-0.4, -0.2) is 39.0 Å². The molecule has 7 nitrogen and oxygen atoms in total. The number of nitrogens with zero attached hydrogens (tertiary/aromatic N) is 3. The lowest BCUT2D eigenvalue weighted by Gasteiger charge is -2.10. The largest absolute Gasteiger partial charge is 0.493 e. The van der Waals surface area contributed by atoms with Crippen molar-refractivity contribution in [3.63, 3.8) is 0 Å². The maximum Gasteiger partial charge on any atom is 0.489 e. The number of thiazole rings is 1. The van der Waals surface area contributed by atoms with Crippen LogP contribution in [0.2, 0.25) is 0 Å². The summed E-state index contributed by atoms with van der Waals surface area (Å²) >= 11 is 1.48. The predicted octanol–water partition coefficient (Wildman–Crippen LogP) is 2.47. The lowest BCUT2D eigenvalue weighted by molar-refractivity contribution is 0.322. The van der Waals surface area contributed by atoms with Gasteiger partial charge in [-0.25, -0.2) is 4.98 Å². The molecule has 29 heavy (non-hydrogen) atoms. The summed E-state index contributed by atoms with van der Waals surface area (Å²) < 4.78 is 11.6. The second kappa shape index (κ2) is 8.56. The van der Waals surface area contributed by atoms with Gasteiger partial charge in [0.2, 0.25) is 5.89 Å². The van der Waals surface area contributed by atoms with Crippen molar-refractivity contribution >= 4 is 23.9 Å². The smallest absolute Gasteiger partial charge is 0.489 e. The highest BCUT2D eigenvalue weighted by atomic mass is 32.1. The third-order valence-corrected chi connectivity index (χ3v) is 5.07. The van der Waals surface area contributed by atoms with Crippen molar-refractivity contribution in [3.8, 4) is 28.8 Å². The molecular formula is C20H18BN3O4S. The summed E-state index contributed by atoms with van der Waals surface area (Å²) in [7, 11) is -1.68. The Hall–Kier alpha value is -3.01. The van der Waals surface area contributed by atoms with E-state index in [0.717, 1.165) is 11.4 Å². The van der Waals surface area contributed by atoms with Gasteiger partial charge in [0.15, 0.2) is 0 Å². The molecule has 0 aliphatic rings. The number of rotatable bonds is 7. The summed E-state index contributed by atoms with van der Waals surface area (Å²) in [5.41, 5.74) is 2.43. The maximum atomic E-state index is 9.72. The van der Waals surface area contributed by atoms with E-state index >= 15 is 0 Å². The Bertz CT molecular complexity index is 1100. The Morgan fingerprint density at radius 3 is 2.59 bits per heavy atom. The lowest BCUT2D eigenvalue weighted by Crippen LogP contribution is -2.31. The summed E-state index contributed by atoms with van der Waals surface area (Å²) in [6.07, 6.45) is 0.758. The first-order chi connectivity index (χ1) is 14.1. The van der Waals surface area contributed by atoms with Crippen molar-refractivity contribution < 1.29 is 19.2 Å². The molecule has 4 rings (SSSR count). The molecule has 0 unspecified atom stereocenters. The van der Waals surface area contributed by atoms with Crippen LogP contribution in [0.4, 0.5) is 0 Å². The third-order valence-electron chi connectivity index (χ3n) is 4.30. The van der Waals surface area contributed by atoms with Crippen molar-refractivity contribution in [1.29, 1.82) is 0 Å². The van der Waals surface area contributed by atoms with Gasteiger partial charge in [-0.3, -0.25) is 0 Å². The second-order valence-electron chi connectivity index (χ2n) is 6.37. The minimum Gasteiger partial charge on any atom is -0.493 e. The molecule has 0 atom stereocenters. The fraction of sp³-hybridized carbons (Fsp3) is 0.150. The zero-order chi connectivity index (χ0) is 20.2. The number of ether oxygens (including phenoxy) is 1. The van der Waals surface area contributed by atoms with Gasteiger partial charge in [-0.1, -0.05) is 36.4 Å². The molecule has 0 bridgehead atoms. The van der Waals surface area contributed by atoms with Gasteiger partial charge in [-0.05, 0) is 30.1 Å². The highest BCUT2D eigenvalue weighted by Crippen LogP contribution is 2.26.